The number of hydrogen-bond acceptors (Lipinski definition) is 3. The van der Waals surface area contributed by atoms with Gasteiger partial charge in [-0.05, 0) is 35.9 Å². The monoisotopic (exact) mass is 321 g/mol. The first-order valence-corrected chi connectivity index (χ1v) is 6.79. The first-order valence-electron chi connectivity index (χ1n) is 6.42. The summed E-state index contributed by atoms with van der Waals surface area (Å²) < 4.78 is 12.8. The molecule has 1 aromatic heterocycles. The lowest BCUT2D eigenvalue weighted by atomic mass is 10.1. The van der Waals surface area contributed by atoms with Crippen LogP contribution >= 0.6 is 11.6 Å². The van der Waals surface area contributed by atoms with Gasteiger partial charge < -0.3 is 11.1 Å². The Morgan fingerprint density at radius 2 is 1.91 bits per heavy atom. The Morgan fingerprint density at radius 1 is 1.23 bits per heavy atom. The molecule has 22 heavy (non-hydrogen) atoms. The van der Waals surface area contributed by atoms with Crippen molar-refractivity contribution in [1.82, 2.24) is 10.3 Å². The topological polar surface area (TPSA) is 85.1 Å². The van der Waals surface area contributed by atoms with Gasteiger partial charge in [0.15, 0.2) is 0 Å². The Morgan fingerprint density at radius 3 is 2.45 bits per heavy atom. The van der Waals surface area contributed by atoms with Crippen LogP contribution in [0, 0.1) is 5.82 Å². The predicted molar refractivity (Wildman–Crippen MR) is 79.8 cm³/mol. The second-order valence-corrected chi connectivity index (χ2v) is 5.02. The van der Waals surface area contributed by atoms with Crippen molar-refractivity contribution < 1.29 is 14.0 Å². The van der Waals surface area contributed by atoms with E-state index in [0.29, 0.717) is 10.7 Å². The van der Waals surface area contributed by atoms with E-state index in [1.165, 1.54) is 18.3 Å². The molecule has 114 valence electrons. The zero-order valence-electron chi connectivity index (χ0n) is 11.4. The van der Waals surface area contributed by atoms with Crippen molar-refractivity contribution in [3.8, 4) is 0 Å². The van der Waals surface area contributed by atoms with Gasteiger partial charge in [-0.3, -0.25) is 9.59 Å². The fourth-order valence-electron chi connectivity index (χ4n) is 1.83. The van der Waals surface area contributed by atoms with Crippen molar-refractivity contribution in [2.45, 2.75) is 12.5 Å². The van der Waals surface area contributed by atoms with Gasteiger partial charge in [0.25, 0.3) is 5.91 Å². The van der Waals surface area contributed by atoms with Crippen molar-refractivity contribution in [2.24, 2.45) is 5.73 Å². The number of pyridine rings is 1. The minimum absolute atomic E-state index is 0.187. The van der Waals surface area contributed by atoms with Crippen LogP contribution in [-0.2, 0) is 11.2 Å². The maximum atomic E-state index is 12.8. The molecule has 0 aliphatic heterocycles. The molecule has 1 atom stereocenters. The first kappa shape index (κ1) is 15.9. The Bertz CT molecular complexity index is 674. The van der Waals surface area contributed by atoms with E-state index in [9.17, 15) is 14.0 Å². The van der Waals surface area contributed by atoms with E-state index in [4.69, 9.17) is 17.3 Å². The quantitative estimate of drug-likeness (QED) is 0.822. The Hall–Kier alpha value is -2.47. The number of primary amides is 1. The smallest absolute Gasteiger partial charge is 0.251 e. The third kappa shape index (κ3) is 4.26. The van der Waals surface area contributed by atoms with Gasteiger partial charge in [0.05, 0.1) is 0 Å². The average molecular weight is 322 g/mol. The normalized spacial score (nSPS) is 11.7. The molecule has 0 aliphatic carbocycles. The molecule has 0 spiro atoms. The summed E-state index contributed by atoms with van der Waals surface area (Å²) in [5.41, 5.74) is 6.24. The maximum absolute atomic E-state index is 12.8. The number of halogens is 2. The van der Waals surface area contributed by atoms with Crippen LogP contribution in [0.5, 0.6) is 0 Å². The summed E-state index contributed by atoms with van der Waals surface area (Å²) >= 11 is 5.68. The molecule has 0 bridgehead atoms. The van der Waals surface area contributed by atoms with Gasteiger partial charge in [-0.15, -0.1) is 0 Å². The molecule has 2 aromatic rings. The molecular formula is C15H13ClFN3O2. The van der Waals surface area contributed by atoms with Gasteiger partial charge in [-0.25, -0.2) is 9.37 Å². The number of aromatic nitrogens is 1. The highest BCUT2D eigenvalue weighted by molar-refractivity contribution is 6.29. The summed E-state index contributed by atoms with van der Waals surface area (Å²) in [4.78, 5) is 27.4. The fraction of sp³-hybridized carbons (Fsp3) is 0.133. The largest absolute Gasteiger partial charge is 0.368 e. The maximum Gasteiger partial charge on any atom is 0.251 e. The van der Waals surface area contributed by atoms with Gasteiger partial charge in [-0.2, -0.15) is 0 Å². The zero-order valence-corrected chi connectivity index (χ0v) is 12.2. The Kier molecular flexibility index (Phi) is 5.06. The Labute approximate surface area is 131 Å². The molecule has 0 saturated carbocycles. The summed E-state index contributed by atoms with van der Waals surface area (Å²) in [5, 5.41) is 2.85. The summed E-state index contributed by atoms with van der Waals surface area (Å²) in [5.74, 6) is -1.63. The van der Waals surface area contributed by atoms with Crippen molar-refractivity contribution in [3.63, 3.8) is 0 Å². The Balaban J connectivity index is 2.08. The number of carbonyl (C=O) groups excluding carboxylic acids is 2. The van der Waals surface area contributed by atoms with E-state index in [-0.39, 0.29) is 12.0 Å². The summed E-state index contributed by atoms with van der Waals surface area (Å²) in [7, 11) is 0. The van der Waals surface area contributed by atoms with Gasteiger partial charge in [0.1, 0.15) is 17.0 Å². The van der Waals surface area contributed by atoms with Crippen LogP contribution in [0.4, 0.5) is 4.39 Å². The van der Waals surface area contributed by atoms with Crippen molar-refractivity contribution in [3.05, 3.63) is 64.7 Å². The molecule has 1 aromatic carbocycles. The fourth-order valence-corrected chi connectivity index (χ4v) is 1.94. The van der Waals surface area contributed by atoms with E-state index in [0.717, 1.165) is 12.1 Å². The second kappa shape index (κ2) is 7.00. The molecule has 2 amide bonds. The van der Waals surface area contributed by atoms with Crippen LogP contribution in [0.2, 0.25) is 5.15 Å². The standard InChI is InChI=1S/C15H13ClFN3O2/c16-13-6-1-9(8-19-13)7-12(14(18)21)20-15(22)10-2-4-11(17)5-3-10/h1-6,8,12H,7H2,(H2,18,21)(H,20,22)/t12-/m0/s1. The molecule has 3 N–H and O–H groups in total. The number of hydrogen-bond donors (Lipinski definition) is 2. The van der Waals surface area contributed by atoms with Gasteiger partial charge >= 0.3 is 0 Å². The molecule has 0 aliphatic rings. The molecule has 2 rings (SSSR count). The average Bonchev–Trinajstić information content (AvgIpc) is 2.49. The predicted octanol–water partition coefficient (Wildman–Crippen LogP) is 1.70. The highest BCUT2D eigenvalue weighted by atomic mass is 35.5. The number of nitrogens with two attached hydrogens (primary N) is 1. The van der Waals surface area contributed by atoms with E-state index in [1.54, 1.807) is 12.1 Å². The lowest BCUT2D eigenvalue weighted by molar-refractivity contribution is -0.119. The molecule has 0 saturated heterocycles. The minimum Gasteiger partial charge on any atom is -0.368 e. The SMILES string of the molecule is NC(=O)[C@H](Cc1ccc(Cl)nc1)NC(=O)c1ccc(F)cc1. The molecule has 5 nitrogen and oxygen atoms in total. The van der Waals surface area contributed by atoms with Gasteiger partial charge in [-0.1, -0.05) is 17.7 Å². The van der Waals surface area contributed by atoms with Crippen molar-refractivity contribution in [1.29, 1.82) is 0 Å². The number of carbonyl (C=O) groups is 2. The summed E-state index contributed by atoms with van der Waals surface area (Å²) in [6, 6.07) is 7.35. The van der Waals surface area contributed by atoms with E-state index in [1.807, 2.05) is 0 Å². The molecule has 0 unspecified atom stereocenters. The van der Waals surface area contributed by atoms with Crippen LogP contribution in [0.15, 0.2) is 42.6 Å². The van der Waals surface area contributed by atoms with Crippen molar-refractivity contribution in [2.75, 3.05) is 0 Å². The van der Waals surface area contributed by atoms with E-state index >= 15 is 0 Å². The van der Waals surface area contributed by atoms with Crippen molar-refractivity contribution >= 4 is 23.4 Å². The highest BCUT2D eigenvalue weighted by Crippen LogP contribution is 2.08. The molecule has 0 radical (unpaired) electrons. The number of nitrogens with one attached hydrogen (secondary N) is 1. The zero-order chi connectivity index (χ0) is 16.1. The van der Waals surface area contributed by atoms with Crippen LogP contribution in [0.25, 0.3) is 0 Å². The second-order valence-electron chi connectivity index (χ2n) is 4.63. The number of rotatable bonds is 5. The highest BCUT2D eigenvalue weighted by Gasteiger charge is 2.19. The first-order chi connectivity index (χ1) is 10.5. The van der Waals surface area contributed by atoms with Crippen LogP contribution in [0.3, 0.4) is 0 Å². The molecular weight excluding hydrogens is 309 g/mol. The van der Waals surface area contributed by atoms with Gasteiger partial charge in [0, 0.05) is 18.2 Å². The lowest BCUT2D eigenvalue weighted by Gasteiger charge is -2.15. The van der Waals surface area contributed by atoms with E-state index < -0.39 is 23.7 Å². The number of amides is 2. The molecule has 1 heterocycles. The van der Waals surface area contributed by atoms with E-state index in [2.05, 4.69) is 10.3 Å². The molecule has 7 heteroatoms. The minimum atomic E-state index is -0.902. The van der Waals surface area contributed by atoms with Crippen LogP contribution < -0.4 is 11.1 Å². The third-order valence-corrected chi connectivity index (χ3v) is 3.21. The van der Waals surface area contributed by atoms with Gasteiger partial charge in [0.2, 0.25) is 5.91 Å². The summed E-state index contributed by atoms with van der Waals surface area (Å²) in [6.45, 7) is 0. The number of nitrogens with zero attached hydrogens (tertiary/aromatic N) is 1. The van der Waals surface area contributed by atoms with Crippen LogP contribution in [0.1, 0.15) is 15.9 Å². The lowest BCUT2D eigenvalue weighted by Crippen LogP contribution is -2.45. The molecule has 0 fully saturated rings. The van der Waals surface area contributed by atoms with Crippen LogP contribution in [-0.4, -0.2) is 22.8 Å². The summed E-state index contributed by atoms with van der Waals surface area (Å²) in [6.07, 6.45) is 1.69. The number of benzene rings is 1. The third-order valence-electron chi connectivity index (χ3n) is 2.98.